The molecule has 1 atom stereocenters. The van der Waals surface area contributed by atoms with Crippen LogP contribution in [0.2, 0.25) is 5.02 Å². The van der Waals surface area contributed by atoms with Crippen molar-refractivity contribution >= 4 is 17.3 Å². The zero-order valence-electron chi connectivity index (χ0n) is 12.3. The second kappa shape index (κ2) is 5.74. The van der Waals surface area contributed by atoms with Gasteiger partial charge in [0, 0.05) is 19.7 Å². The van der Waals surface area contributed by atoms with Crippen LogP contribution in [-0.4, -0.2) is 34.6 Å². The Morgan fingerprint density at radius 3 is 2.80 bits per heavy atom. The topological polar surface area (TPSA) is 58.4 Å². The monoisotopic (exact) mass is 299 g/mol. The second-order valence-electron chi connectivity index (χ2n) is 6.37. The van der Waals surface area contributed by atoms with Gasteiger partial charge in [0.25, 0.3) is 5.56 Å². The zero-order chi connectivity index (χ0) is 14.9. The molecule has 0 radical (unpaired) electrons. The minimum atomic E-state index is -0.394. The molecule has 1 aromatic heterocycles. The highest BCUT2D eigenvalue weighted by Crippen LogP contribution is 2.27. The lowest BCUT2D eigenvalue weighted by Crippen LogP contribution is -2.40. The molecule has 20 heavy (non-hydrogen) atoms. The smallest absolute Gasteiger partial charge is 0.288 e. The molecule has 2 rings (SSSR count). The summed E-state index contributed by atoms with van der Waals surface area (Å²) in [6.07, 6.45) is 3.66. The first kappa shape index (κ1) is 15.3. The molecule has 1 aliphatic heterocycles. The number of piperidine rings is 1. The number of halogens is 1. The molecular weight excluding hydrogens is 278 g/mol. The maximum atomic E-state index is 12.3. The van der Waals surface area contributed by atoms with Crippen molar-refractivity contribution in [3.8, 4) is 0 Å². The highest BCUT2D eigenvalue weighted by atomic mass is 35.5. The quantitative estimate of drug-likeness (QED) is 0.905. The third-order valence-electron chi connectivity index (χ3n) is 3.65. The van der Waals surface area contributed by atoms with Crippen LogP contribution in [0.25, 0.3) is 0 Å². The lowest BCUT2D eigenvalue weighted by molar-refractivity contribution is 0.208. The normalized spacial score (nSPS) is 20.2. The molecule has 0 saturated carbocycles. The molecule has 0 aliphatic carbocycles. The number of anilines is 1. The zero-order valence-corrected chi connectivity index (χ0v) is 13.0. The number of nitrogens with zero attached hydrogens (tertiary/aromatic N) is 3. The first-order chi connectivity index (χ1) is 9.34. The summed E-state index contributed by atoms with van der Waals surface area (Å²) < 4.78 is 1.41. The molecule has 1 N–H and O–H groups in total. The van der Waals surface area contributed by atoms with E-state index < -0.39 is 5.54 Å². The van der Waals surface area contributed by atoms with Gasteiger partial charge in [-0.3, -0.25) is 4.79 Å². The first-order valence-electron chi connectivity index (χ1n) is 6.98. The van der Waals surface area contributed by atoms with Gasteiger partial charge in [0.15, 0.2) is 0 Å². The standard InChI is InChI=1S/C14H22ClN3O2/c1-14(2,3)18-13(20)12(15)11(7-16-18)17-6-4-5-10(8-17)9-19/h7,10,19H,4-6,8-9H2,1-3H3. The van der Waals surface area contributed by atoms with Crippen molar-refractivity contribution < 1.29 is 5.11 Å². The van der Waals surface area contributed by atoms with Gasteiger partial charge in [0.2, 0.25) is 0 Å². The average molecular weight is 300 g/mol. The molecule has 0 spiro atoms. The molecule has 0 amide bonds. The van der Waals surface area contributed by atoms with Crippen molar-refractivity contribution in [2.24, 2.45) is 5.92 Å². The van der Waals surface area contributed by atoms with E-state index in [4.69, 9.17) is 11.6 Å². The van der Waals surface area contributed by atoms with Gasteiger partial charge in [-0.15, -0.1) is 0 Å². The Labute approximate surface area is 124 Å². The van der Waals surface area contributed by atoms with Gasteiger partial charge in [0.05, 0.1) is 17.4 Å². The largest absolute Gasteiger partial charge is 0.396 e. The maximum absolute atomic E-state index is 12.3. The number of hydrogen-bond donors (Lipinski definition) is 1. The molecule has 112 valence electrons. The molecular formula is C14H22ClN3O2. The lowest BCUT2D eigenvalue weighted by atomic mass is 9.99. The van der Waals surface area contributed by atoms with E-state index in [9.17, 15) is 9.90 Å². The fourth-order valence-corrected chi connectivity index (χ4v) is 2.80. The summed E-state index contributed by atoms with van der Waals surface area (Å²) >= 11 is 6.25. The minimum absolute atomic E-state index is 0.167. The van der Waals surface area contributed by atoms with Gasteiger partial charge in [-0.05, 0) is 39.5 Å². The van der Waals surface area contributed by atoms with E-state index >= 15 is 0 Å². The van der Waals surface area contributed by atoms with E-state index in [0.717, 1.165) is 25.9 Å². The van der Waals surface area contributed by atoms with Crippen LogP contribution < -0.4 is 10.5 Å². The number of rotatable bonds is 2. The Kier molecular flexibility index (Phi) is 4.39. The van der Waals surface area contributed by atoms with Crippen LogP contribution in [-0.2, 0) is 5.54 Å². The molecule has 5 nitrogen and oxygen atoms in total. The summed E-state index contributed by atoms with van der Waals surface area (Å²) in [5.41, 5.74) is 0.0209. The van der Waals surface area contributed by atoms with E-state index in [-0.39, 0.29) is 23.1 Å². The molecule has 1 aromatic rings. The Bertz CT molecular complexity index is 536. The number of aliphatic hydroxyl groups is 1. The predicted octanol–water partition coefficient (Wildman–Crippen LogP) is 1.86. The van der Waals surface area contributed by atoms with E-state index in [0.29, 0.717) is 5.69 Å². The molecule has 1 aliphatic rings. The highest BCUT2D eigenvalue weighted by Gasteiger charge is 2.25. The fraction of sp³-hybridized carbons (Fsp3) is 0.714. The van der Waals surface area contributed by atoms with E-state index in [1.54, 1.807) is 6.20 Å². The molecule has 0 aromatic carbocycles. The van der Waals surface area contributed by atoms with Crippen LogP contribution in [0, 0.1) is 5.92 Å². The fourth-order valence-electron chi connectivity index (χ4n) is 2.56. The molecule has 1 saturated heterocycles. The Balaban J connectivity index is 2.35. The van der Waals surface area contributed by atoms with Crippen LogP contribution in [0.15, 0.2) is 11.0 Å². The van der Waals surface area contributed by atoms with Gasteiger partial charge in [-0.2, -0.15) is 5.10 Å². The summed E-state index contributed by atoms with van der Waals surface area (Å²) in [5, 5.41) is 13.8. The summed E-state index contributed by atoms with van der Waals surface area (Å²) in [4.78, 5) is 14.4. The second-order valence-corrected chi connectivity index (χ2v) is 6.75. The predicted molar refractivity (Wildman–Crippen MR) is 80.5 cm³/mol. The van der Waals surface area contributed by atoms with Crippen molar-refractivity contribution in [3.05, 3.63) is 21.6 Å². The Morgan fingerprint density at radius 1 is 1.50 bits per heavy atom. The number of hydrogen-bond acceptors (Lipinski definition) is 4. The SMILES string of the molecule is CC(C)(C)n1ncc(N2CCCC(CO)C2)c(Cl)c1=O. The lowest BCUT2D eigenvalue weighted by Gasteiger charge is -2.34. The Hall–Kier alpha value is -1.07. The maximum Gasteiger partial charge on any atom is 0.288 e. The van der Waals surface area contributed by atoms with Crippen LogP contribution >= 0.6 is 11.6 Å². The minimum Gasteiger partial charge on any atom is -0.396 e. The first-order valence-corrected chi connectivity index (χ1v) is 7.36. The van der Waals surface area contributed by atoms with Crippen molar-refractivity contribution in [2.75, 3.05) is 24.6 Å². The van der Waals surface area contributed by atoms with E-state index in [1.807, 2.05) is 25.7 Å². The van der Waals surface area contributed by atoms with Crippen molar-refractivity contribution in [1.29, 1.82) is 0 Å². The summed E-state index contributed by atoms with van der Waals surface area (Å²) in [6.45, 7) is 7.48. The van der Waals surface area contributed by atoms with Crippen LogP contribution in [0.1, 0.15) is 33.6 Å². The summed E-state index contributed by atoms with van der Waals surface area (Å²) in [7, 11) is 0. The van der Waals surface area contributed by atoms with Crippen molar-refractivity contribution in [2.45, 2.75) is 39.2 Å². The average Bonchev–Trinajstić information content (AvgIpc) is 2.40. The van der Waals surface area contributed by atoms with Gasteiger partial charge in [-0.25, -0.2) is 4.68 Å². The summed E-state index contributed by atoms with van der Waals surface area (Å²) in [5.74, 6) is 0.241. The number of aromatic nitrogens is 2. The molecule has 6 heteroatoms. The Morgan fingerprint density at radius 2 is 2.20 bits per heavy atom. The van der Waals surface area contributed by atoms with Gasteiger partial charge in [-0.1, -0.05) is 11.6 Å². The van der Waals surface area contributed by atoms with Crippen LogP contribution in [0.5, 0.6) is 0 Å². The highest BCUT2D eigenvalue weighted by molar-refractivity contribution is 6.33. The van der Waals surface area contributed by atoms with Gasteiger partial charge >= 0.3 is 0 Å². The van der Waals surface area contributed by atoms with Crippen molar-refractivity contribution in [1.82, 2.24) is 9.78 Å². The molecule has 0 bridgehead atoms. The van der Waals surface area contributed by atoms with Crippen LogP contribution in [0.3, 0.4) is 0 Å². The van der Waals surface area contributed by atoms with E-state index in [2.05, 4.69) is 5.10 Å². The van der Waals surface area contributed by atoms with Crippen LogP contribution in [0.4, 0.5) is 5.69 Å². The molecule has 2 heterocycles. The third kappa shape index (κ3) is 2.99. The molecule has 1 fully saturated rings. The van der Waals surface area contributed by atoms with Gasteiger partial charge in [0.1, 0.15) is 5.02 Å². The van der Waals surface area contributed by atoms with E-state index in [1.165, 1.54) is 4.68 Å². The summed E-state index contributed by atoms with van der Waals surface area (Å²) in [6, 6.07) is 0. The van der Waals surface area contributed by atoms with Gasteiger partial charge < -0.3 is 10.0 Å². The molecule has 1 unspecified atom stereocenters. The third-order valence-corrected chi connectivity index (χ3v) is 4.01. The number of aliphatic hydroxyl groups excluding tert-OH is 1. The van der Waals surface area contributed by atoms with Crippen molar-refractivity contribution in [3.63, 3.8) is 0 Å².